The Morgan fingerprint density at radius 3 is 2.15 bits per heavy atom. The van der Waals surface area contributed by atoms with E-state index < -0.39 is 18.1 Å². The Balaban J connectivity index is 1.35. The van der Waals surface area contributed by atoms with Crippen LogP contribution in [0.3, 0.4) is 0 Å². The first-order valence-corrected chi connectivity index (χ1v) is 11.3. The lowest BCUT2D eigenvalue weighted by Crippen LogP contribution is -2.56. The molecule has 2 amide bonds. The Hall–Kier alpha value is -3.43. The number of aliphatic carboxylic acids is 1. The molecule has 1 aliphatic carbocycles. The fourth-order valence-corrected chi connectivity index (χ4v) is 4.66. The molecule has 2 N–H and O–H groups in total. The summed E-state index contributed by atoms with van der Waals surface area (Å²) >= 11 is 0. The van der Waals surface area contributed by atoms with Crippen LogP contribution in [0.15, 0.2) is 48.5 Å². The van der Waals surface area contributed by atoms with Gasteiger partial charge in [-0.15, -0.1) is 0 Å². The van der Waals surface area contributed by atoms with Crippen molar-refractivity contribution in [1.29, 1.82) is 0 Å². The second-order valence-electron chi connectivity index (χ2n) is 8.47. The molecule has 1 fully saturated rings. The Morgan fingerprint density at radius 1 is 1.00 bits per heavy atom. The number of nitrogens with zero attached hydrogens (tertiary/aromatic N) is 2. The minimum absolute atomic E-state index is 0.0123. The molecule has 1 aliphatic heterocycles. The molecule has 4 rings (SSSR count). The number of hydrogen-bond donors (Lipinski definition) is 2. The predicted molar refractivity (Wildman–Crippen MR) is 125 cm³/mol. The van der Waals surface area contributed by atoms with Gasteiger partial charge in [-0.05, 0) is 22.3 Å². The molecule has 180 valence electrons. The van der Waals surface area contributed by atoms with Crippen molar-refractivity contribution in [2.45, 2.75) is 12.0 Å². The molecule has 1 saturated heterocycles. The number of fused-ring (bicyclic) bond motifs is 3. The van der Waals surface area contributed by atoms with Crippen LogP contribution < -0.4 is 5.32 Å². The third kappa shape index (κ3) is 5.21. The number of carbonyl (C=O) groups is 3. The van der Waals surface area contributed by atoms with E-state index in [9.17, 15) is 14.4 Å². The first-order valence-electron chi connectivity index (χ1n) is 11.3. The Morgan fingerprint density at radius 2 is 1.59 bits per heavy atom. The number of carboxylic acid groups (broad SMARTS) is 1. The van der Waals surface area contributed by atoms with Crippen molar-refractivity contribution in [3.8, 4) is 11.1 Å². The van der Waals surface area contributed by atoms with Gasteiger partial charge < -0.3 is 24.8 Å². The Bertz CT molecular complexity index is 1000. The summed E-state index contributed by atoms with van der Waals surface area (Å²) in [7, 11) is 1.46. The van der Waals surface area contributed by atoms with Gasteiger partial charge in [0.15, 0.2) is 0 Å². The van der Waals surface area contributed by atoms with Gasteiger partial charge in [-0.1, -0.05) is 48.5 Å². The van der Waals surface area contributed by atoms with Crippen molar-refractivity contribution >= 4 is 18.0 Å². The van der Waals surface area contributed by atoms with Crippen molar-refractivity contribution in [2.24, 2.45) is 0 Å². The van der Waals surface area contributed by atoms with Gasteiger partial charge in [-0.2, -0.15) is 0 Å². The third-order valence-electron chi connectivity index (χ3n) is 6.31. The zero-order valence-electron chi connectivity index (χ0n) is 19.1. The summed E-state index contributed by atoms with van der Waals surface area (Å²) in [6.45, 7) is 1.81. The van der Waals surface area contributed by atoms with E-state index in [1.807, 2.05) is 36.4 Å². The molecule has 0 spiro atoms. The Kier molecular flexibility index (Phi) is 7.44. The van der Waals surface area contributed by atoms with Gasteiger partial charge >= 0.3 is 12.1 Å². The average Bonchev–Trinajstić information content (AvgIpc) is 3.16. The maximum atomic E-state index is 13.0. The van der Waals surface area contributed by atoms with Crippen LogP contribution in [0.4, 0.5) is 4.79 Å². The number of carboxylic acids is 1. The number of benzene rings is 2. The van der Waals surface area contributed by atoms with Crippen molar-refractivity contribution in [2.75, 3.05) is 53.0 Å². The summed E-state index contributed by atoms with van der Waals surface area (Å²) in [6.07, 6.45) is -0.679. The average molecular weight is 468 g/mol. The molecule has 9 heteroatoms. The number of carbonyl (C=O) groups excluding carboxylic acids is 2. The van der Waals surface area contributed by atoms with Crippen LogP contribution in [-0.2, 0) is 19.1 Å². The Labute approximate surface area is 198 Å². The highest BCUT2D eigenvalue weighted by Gasteiger charge is 2.32. The molecule has 1 heterocycles. The largest absolute Gasteiger partial charge is 0.480 e. The third-order valence-corrected chi connectivity index (χ3v) is 6.31. The lowest BCUT2D eigenvalue weighted by molar-refractivity contribution is -0.140. The van der Waals surface area contributed by atoms with E-state index in [-0.39, 0.29) is 31.6 Å². The summed E-state index contributed by atoms with van der Waals surface area (Å²) in [5.41, 5.74) is 4.50. The molecule has 1 atom stereocenters. The van der Waals surface area contributed by atoms with E-state index in [4.69, 9.17) is 14.6 Å². The van der Waals surface area contributed by atoms with Gasteiger partial charge in [0, 0.05) is 39.2 Å². The quantitative estimate of drug-likeness (QED) is 0.609. The van der Waals surface area contributed by atoms with Gasteiger partial charge in [0.25, 0.3) is 0 Å². The molecular formula is C25H29N3O6. The number of amides is 2. The zero-order valence-corrected chi connectivity index (χ0v) is 19.1. The molecule has 0 saturated carbocycles. The first-order chi connectivity index (χ1) is 16.5. The minimum atomic E-state index is -0.894. The van der Waals surface area contributed by atoms with E-state index in [2.05, 4.69) is 17.4 Å². The molecular weight excluding hydrogens is 438 g/mol. The first kappa shape index (κ1) is 23.7. The van der Waals surface area contributed by atoms with E-state index in [1.54, 1.807) is 9.80 Å². The van der Waals surface area contributed by atoms with Crippen LogP contribution in [0.5, 0.6) is 0 Å². The summed E-state index contributed by atoms with van der Waals surface area (Å²) in [5, 5.41) is 11.6. The number of piperazine rings is 1. The molecule has 0 aromatic heterocycles. The maximum Gasteiger partial charge on any atom is 0.407 e. The van der Waals surface area contributed by atoms with Crippen LogP contribution in [0.1, 0.15) is 17.0 Å². The normalized spacial score (nSPS) is 16.4. The number of nitrogens with one attached hydrogen (secondary N) is 1. The van der Waals surface area contributed by atoms with Crippen LogP contribution in [0.2, 0.25) is 0 Å². The van der Waals surface area contributed by atoms with Crippen molar-refractivity contribution in [3.05, 3.63) is 59.7 Å². The predicted octanol–water partition coefficient (Wildman–Crippen LogP) is 1.77. The van der Waals surface area contributed by atoms with Gasteiger partial charge in [0.2, 0.25) is 5.91 Å². The summed E-state index contributed by atoms with van der Waals surface area (Å²) in [5.74, 6) is -1.24. The van der Waals surface area contributed by atoms with Crippen LogP contribution in [0.25, 0.3) is 11.1 Å². The number of ether oxygens (including phenoxy) is 2. The van der Waals surface area contributed by atoms with Crippen molar-refractivity contribution in [1.82, 2.24) is 15.1 Å². The van der Waals surface area contributed by atoms with E-state index in [0.29, 0.717) is 26.2 Å². The second kappa shape index (κ2) is 10.7. The zero-order chi connectivity index (χ0) is 24.1. The molecule has 9 nitrogen and oxygen atoms in total. The maximum absolute atomic E-state index is 13.0. The molecule has 1 unspecified atom stereocenters. The molecule has 0 bridgehead atoms. The topological polar surface area (TPSA) is 108 Å². The van der Waals surface area contributed by atoms with Gasteiger partial charge in [-0.25, -0.2) is 4.79 Å². The molecule has 2 aromatic carbocycles. The summed E-state index contributed by atoms with van der Waals surface area (Å²) < 4.78 is 10.7. The smallest absolute Gasteiger partial charge is 0.407 e. The number of alkyl carbamates (subject to hydrolysis) is 1. The standard InChI is InChI=1S/C25H29N3O6/c1-33-16-22(24(31)28-12-10-27(11-13-28)14-23(29)30)26-25(32)34-15-21-19-8-4-2-6-17(19)18-7-3-5-9-20(18)21/h2-9,21-22H,10-16H2,1H3,(H,26,32)(H,29,30). The molecule has 0 radical (unpaired) electrons. The fourth-order valence-electron chi connectivity index (χ4n) is 4.66. The molecule has 34 heavy (non-hydrogen) atoms. The van der Waals surface area contributed by atoms with Crippen LogP contribution in [0, 0.1) is 0 Å². The SMILES string of the molecule is COCC(NC(=O)OCC1c2ccccc2-c2ccccc21)C(=O)N1CCN(CC(=O)O)CC1. The lowest BCUT2D eigenvalue weighted by atomic mass is 9.98. The highest BCUT2D eigenvalue weighted by atomic mass is 16.5. The van der Waals surface area contributed by atoms with E-state index in [0.717, 1.165) is 22.3 Å². The second-order valence-corrected chi connectivity index (χ2v) is 8.47. The minimum Gasteiger partial charge on any atom is -0.480 e. The van der Waals surface area contributed by atoms with Crippen molar-refractivity contribution < 1.29 is 29.0 Å². The summed E-state index contributed by atoms with van der Waals surface area (Å²) in [4.78, 5) is 39.9. The number of rotatable bonds is 8. The van der Waals surface area contributed by atoms with E-state index >= 15 is 0 Å². The molecule has 2 aliphatic rings. The fraction of sp³-hybridized carbons (Fsp3) is 0.400. The lowest BCUT2D eigenvalue weighted by Gasteiger charge is -2.35. The van der Waals surface area contributed by atoms with Crippen LogP contribution >= 0.6 is 0 Å². The summed E-state index contributed by atoms with van der Waals surface area (Å²) in [6, 6.07) is 15.3. The van der Waals surface area contributed by atoms with E-state index in [1.165, 1.54) is 7.11 Å². The van der Waals surface area contributed by atoms with Crippen molar-refractivity contribution in [3.63, 3.8) is 0 Å². The van der Waals surface area contributed by atoms with Gasteiger partial charge in [0.1, 0.15) is 12.6 Å². The molecule has 2 aromatic rings. The number of methoxy groups -OCH3 is 1. The van der Waals surface area contributed by atoms with Crippen LogP contribution in [-0.4, -0.2) is 92.0 Å². The highest BCUT2D eigenvalue weighted by Crippen LogP contribution is 2.44. The highest BCUT2D eigenvalue weighted by molar-refractivity contribution is 5.86. The monoisotopic (exact) mass is 467 g/mol. The van der Waals surface area contributed by atoms with Gasteiger partial charge in [-0.3, -0.25) is 14.5 Å². The van der Waals surface area contributed by atoms with Gasteiger partial charge in [0.05, 0.1) is 13.2 Å². The number of hydrogen-bond acceptors (Lipinski definition) is 6.